The van der Waals surface area contributed by atoms with E-state index in [0.717, 1.165) is 42.2 Å². The smallest absolute Gasteiger partial charge is 0.346 e. The topological polar surface area (TPSA) is 50.7 Å². The number of aromatic nitrogens is 3. The van der Waals surface area contributed by atoms with Gasteiger partial charge in [-0.1, -0.05) is 0 Å². The predicted molar refractivity (Wildman–Crippen MR) is 73.2 cm³/mol. The number of halogens is 3. The first-order valence-electron chi connectivity index (χ1n) is 6.56. The molecule has 0 unspecified atom stereocenters. The first-order chi connectivity index (χ1) is 9.93. The van der Waals surface area contributed by atoms with Crippen molar-refractivity contribution in [2.75, 3.05) is 5.32 Å². The van der Waals surface area contributed by atoms with Crippen molar-refractivity contribution in [1.29, 1.82) is 0 Å². The molecule has 1 aliphatic rings. The molecular formula is C13H13F3N4S. The van der Waals surface area contributed by atoms with Crippen molar-refractivity contribution in [3.8, 4) is 0 Å². The molecular weight excluding hydrogens is 301 g/mol. The number of nitrogens with zero attached hydrogens (tertiary/aromatic N) is 3. The second kappa shape index (κ2) is 5.25. The van der Waals surface area contributed by atoms with Crippen molar-refractivity contribution in [2.45, 2.75) is 38.4 Å². The van der Waals surface area contributed by atoms with Crippen LogP contribution in [0.25, 0.3) is 0 Å². The molecule has 2 aromatic heterocycles. The molecule has 2 aromatic rings. The van der Waals surface area contributed by atoms with Gasteiger partial charge in [-0.05, 0) is 32.3 Å². The maximum atomic E-state index is 12.7. The molecule has 0 fully saturated rings. The normalized spacial score (nSPS) is 18.4. The molecule has 0 radical (unpaired) electrons. The third-order valence-corrected chi connectivity index (χ3v) is 4.36. The van der Waals surface area contributed by atoms with Gasteiger partial charge in [-0.25, -0.2) is 15.0 Å². The summed E-state index contributed by atoms with van der Waals surface area (Å²) in [5.41, 5.74) is -0.0183. The Morgan fingerprint density at radius 1 is 1.33 bits per heavy atom. The number of hydrogen-bond donors (Lipinski definition) is 1. The number of aryl methyl sites for hydroxylation is 2. The molecule has 8 heteroatoms. The van der Waals surface area contributed by atoms with E-state index in [4.69, 9.17) is 0 Å². The Hall–Kier alpha value is -1.70. The van der Waals surface area contributed by atoms with Crippen LogP contribution in [-0.4, -0.2) is 15.0 Å². The molecule has 0 saturated carbocycles. The molecule has 0 bridgehead atoms. The van der Waals surface area contributed by atoms with E-state index < -0.39 is 11.9 Å². The van der Waals surface area contributed by atoms with Crippen LogP contribution < -0.4 is 5.32 Å². The molecule has 0 saturated heterocycles. The Balaban J connectivity index is 1.85. The zero-order valence-corrected chi connectivity index (χ0v) is 12.1. The van der Waals surface area contributed by atoms with Gasteiger partial charge in [-0.2, -0.15) is 13.2 Å². The van der Waals surface area contributed by atoms with Crippen molar-refractivity contribution in [2.24, 2.45) is 0 Å². The average Bonchev–Trinajstić information content (AvgIpc) is 2.80. The fourth-order valence-electron chi connectivity index (χ4n) is 2.42. The van der Waals surface area contributed by atoms with Gasteiger partial charge in [0, 0.05) is 11.1 Å². The molecule has 2 heterocycles. The molecule has 1 N–H and O–H groups in total. The van der Waals surface area contributed by atoms with E-state index in [2.05, 4.69) is 20.3 Å². The third kappa shape index (κ3) is 2.99. The summed E-state index contributed by atoms with van der Waals surface area (Å²) in [4.78, 5) is 13.1. The Morgan fingerprint density at radius 3 is 2.90 bits per heavy atom. The molecule has 0 aliphatic heterocycles. The number of alkyl halides is 3. The molecule has 0 spiro atoms. The van der Waals surface area contributed by atoms with Crippen LogP contribution in [0.5, 0.6) is 0 Å². The maximum Gasteiger partial charge on any atom is 0.433 e. The highest BCUT2D eigenvalue weighted by Crippen LogP contribution is 2.35. The molecule has 3 rings (SSSR count). The van der Waals surface area contributed by atoms with E-state index in [9.17, 15) is 13.2 Å². The van der Waals surface area contributed by atoms with Gasteiger partial charge in [0.2, 0.25) is 5.95 Å². The van der Waals surface area contributed by atoms with Crippen molar-refractivity contribution < 1.29 is 13.2 Å². The molecule has 4 nitrogen and oxygen atoms in total. The standard InChI is InChI=1S/C13H13F3N4S/c1-7-18-11-8(3-2-4-9(11)21-7)19-12-17-6-5-10(20-12)13(14,15)16/h5-6,8H,2-4H2,1H3,(H,17,19,20)/t8-/m0/s1. The lowest BCUT2D eigenvalue weighted by molar-refractivity contribution is -0.141. The van der Waals surface area contributed by atoms with Gasteiger partial charge in [-0.15, -0.1) is 11.3 Å². The van der Waals surface area contributed by atoms with E-state index in [1.807, 2.05) is 6.92 Å². The highest BCUT2D eigenvalue weighted by Gasteiger charge is 2.33. The van der Waals surface area contributed by atoms with Gasteiger partial charge in [0.15, 0.2) is 0 Å². The summed E-state index contributed by atoms with van der Waals surface area (Å²) in [5.74, 6) is -0.00618. The number of nitrogens with one attached hydrogen (secondary N) is 1. The first-order valence-corrected chi connectivity index (χ1v) is 7.38. The van der Waals surface area contributed by atoms with Crippen LogP contribution >= 0.6 is 11.3 Å². The van der Waals surface area contributed by atoms with Gasteiger partial charge in [0.05, 0.1) is 16.7 Å². The van der Waals surface area contributed by atoms with Gasteiger partial charge in [0.1, 0.15) is 5.69 Å². The van der Waals surface area contributed by atoms with Gasteiger partial charge >= 0.3 is 6.18 Å². The highest BCUT2D eigenvalue weighted by molar-refractivity contribution is 7.11. The number of anilines is 1. The average molecular weight is 314 g/mol. The second-order valence-electron chi connectivity index (χ2n) is 4.89. The van der Waals surface area contributed by atoms with Crippen molar-refractivity contribution in [3.05, 3.63) is 33.5 Å². The second-order valence-corrected chi connectivity index (χ2v) is 6.18. The summed E-state index contributed by atoms with van der Waals surface area (Å²) in [5, 5.41) is 3.96. The van der Waals surface area contributed by atoms with E-state index in [-0.39, 0.29) is 12.0 Å². The van der Waals surface area contributed by atoms with E-state index in [1.54, 1.807) is 11.3 Å². The van der Waals surface area contributed by atoms with Crippen LogP contribution in [0.4, 0.5) is 19.1 Å². The van der Waals surface area contributed by atoms with E-state index >= 15 is 0 Å². The molecule has 0 aromatic carbocycles. The summed E-state index contributed by atoms with van der Waals surface area (Å²) in [6.45, 7) is 1.93. The minimum Gasteiger partial charge on any atom is -0.346 e. The summed E-state index contributed by atoms with van der Waals surface area (Å²) in [7, 11) is 0. The van der Waals surface area contributed by atoms with Crippen molar-refractivity contribution in [3.63, 3.8) is 0 Å². The lowest BCUT2D eigenvalue weighted by Gasteiger charge is -2.22. The monoisotopic (exact) mass is 314 g/mol. The largest absolute Gasteiger partial charge is 0.433 e. The fraction of sp³-hybridized carbons (Fsp3) is 0.462. The number of rotatable bonds is 2. The predicted octanol–water partition coefficient (Wildman–Crippen LogP) is 3.75. The van der Waals surface area contributed by atoms with Crippen molar-refractivity contribution >= 4 is 17.3 Å². The Labute approximate surface area is 123 Å². The minimum atomic E-state index is -4.46. The third-order valence-electron chi connectivity index (χ3n) is 3.31. The number of fused-ring (bicyclic) bond motifs is 1. The molecule has 0 amide bonds. The highest BCUT2D eigenvalue weighted by atomic mass is 32.1. The van der Waals surface area contributed by atoms with Crippen LogP contribution in [-0.2, 0) is 12.6 Å². The lowest BCUT2D eigenvalue weighted by Crippen LogP contribution is -2.19. The van der Waals surface area contributed by atoms with Crippen LogP contribution in [0.15, 0.2) is 12.3 Å². The first kappa shape index (κ1) is 14.2. The van der Waals surface area contributed by atoms with Gasteiger partial charge in [0.25, 0.3) is 0 Å². The van der Waals surface area contributed by atoms with E-state index in [1.165, 1.54) is 4.88 Å². The fourth-order valence-corrected chi connectivity index (χ4v) is 3.46. The Bertz CT molecular complexity index is 653. The van der Waals surface area contributed by atoms with E-state index in [0.29, 0.717) is 0 Å². The van der Waals surface area contributed by atoms with Gasteiger partial charge < -0.3 is 5.32 Å². The summed E-state index contributed by atoms with van der Waals surface area (Å²) >= 11 is 1.64. The van der Waals surface area contributed by atoms with Crippen LogP contribution in [0.1, 0.15) is 40.2 Å². The van der Waals surface area contributed by atoms with Crippen LogP contribution in [0, 0.1) is 6.92 Å². The zero-order valence-electron chi connectivity index (χ0n) is 11.2. The maximum absolute atomic E-state index is 12.7. The summed E-state index contributed by atoms with van der Waals surface area (Å²) in [6.07, 6.45) is -0.577. The molecule has 21 heavy (non-hydrogen) atoms. The summed E-state index contributed by atoms with van der Waals surface area (Å²) < 4.78 is 38.0. The zero-order chi connectivity index (χ0) is 15.0. The molecule has 1 atom stereocenters. The number of thiazole rings is 1. The van der Waals surface area contributed by atoms with Crippen LogP contribution in [0.2, 0.25) is 0 Å². The lowest BCUT2D eigenvalue weighted by atomic mass is 9.98. The summed E-state index contributed by atoms with van der Waals surface area (Å²) in [6, 6.07) is 0.743. The van der Waals surface area contributed by atoms with Gasteiger partial charge in [-0.3, -0.25) is 0 Å². The van der Waals surface area contributed by atoms with Crippen molar-refractivity contribution in [1.82, 2.24) is 15.0 Å². The minimum absolute atomic E-state index is 0.00618. The SMILES string of the molecule is Cc1nc2c(s1)CCC[C@@H]2Nc1nccc(C(F)(F)F)n1. The quantitative estimate of drug-likeness (QED) is 0.917. The number of hydrogen-bond acceptors (Lipinski definition) is 5. The molecule has 1 aliphatic carbocycles. The van der Waals surface area contributed by atoms with Crippen LogP contribution in [0.3, 0.4) is 0 Å². The Kier molecular flexibility index (Phi) is 3.56. The molecule has 112 valence electrons. The Morgan fingerprint density at radius 2 is 2.14 bits per heavy atom.